The summed E-state index contributed by atoms with van der Waals surface area (Å²) >= 11 is 3.42. The Morgan fingerprint density at radius 2 is 2.24 bits per heavy atom. The van der Waals surface area contributed by atoms with Gasteiger partial charge in [-0.25, -0.2) is 0 Å². The van der Waals surface area contributed by atoms with E-state index in [0.29, 0.717) is 11.6 Å². The second kappa shape index (κ2) is 6.32. The molecule has 0 saturated carbocycles. The molecule has 1 unspecified atom stereocenters. The lowest BCUT2D eigenvalue weighted by molar-refractivity contribution is -0.385. The van der Waals surface area contributed by atoms with Crippen LogP contribution in [0.2, 0.25) is 0 Å². The van der Waals surface area contributed by atoms with Gasteiger partial charge < -0.3 is 10.6 Å². The summed E-state index contributed by atoms with van der Waals surface area (Å²) in [6.07, 6.45) is 2.43. The van der Waals surface area contributed by atoms with Crippen molar-refractivity contribution in [2.24, 2.45) is 5.41 Å². The molecular formula is C15H22BrN3O2. The molecule has 1 aromatic rings. The first-order valence-corrected chi connectivity index (χ1v) is 8.02. The zero-order valence-corrected chi connectivity index (χ0v) is 14.3. The highest BCUT2D eigenvalue weighted by Crippen LogP contribution is 2.33. The maximum atomic E-state index is 10.9. The van der Waals surface area contributed by atoms with Crippen molar-refractivity contribution in [2.75, 3.05) is 18.4 Å². The minimum atomic E-state index is -0.352. The van der Waals surface area contributed by atoms with Crippen molar-refractivity contribution >= 4 is 27.3 Å². The largest absolute Gasteiger partial charge is 0.383 e. The van der Waals surface area contributed by atoms with E-state index in [9.17, 15) is 10.1 Å². The quantitative estimate of drug-likeness (QED) is 0.635. The van der Waals surface area contributed by atoms with Gasteiger partial charge in [-0.2, -0.15) is 0 Å². The van der Waals surface area contributed by atoms with E-state index in [0.717, 1.165) is 23.2 Å². The van der Waals surface area contributed by atoms with Crippen LogP contribution in [0.1, 0.15) is 32.3 Å². The number of hydrogen-bond acceptors (Lipinski definition) is 4. The van der Waals surface area contributed by atoms with Gasteiger partial charge in [0, 0.05) is 34.4 Å². The van der Waals surface area contributed by atoms with Gasteiger partial charge in [0.15, 0.2) is 0 Å². The van der Waals surface area contributed by atoms with E-state index in [-0.39, 0.29) is 16.0 Å². The molecule has 0 aliphatic carbocycles. The molecule has 2 rings (SSSR count). The number of piperidine rings is 1. The molecule has 1 fully saturated rings. The van der Waals surface area contributed by atoms with Crippen molar-refractivity contribution in [1.82, 2.24) is 5.32 Å². The molecule has 6 heteroatoms. The molecule has 1 aliphatic heterocycles. The lowest BCUT2D eigenvalue weighted by Gasteiger charge is -2.39. The fraction of sp³-hybridized carbons (Fsp3) is 0.600. The van der Waals surface area contributed by atoms with Crippen LogP contribution in [0, 0.1) is 22.5 Å². The molecule has 1 aliphatic rings. The molecule has 5 nitrogen and oxygen atoms in total. The van der Waals surface area contributed by atoms with Crippen LogP contribution in [-0.2, 0) is 0 Å². The Morgan fingerprint density at radius 3 is 2.86 bits per heavy atom. The average Bonchev–Trinajstić information content (AvgIpc) is 2.39. The molecule has 0 amide bonds. The van der Waals surface area contributed by atoms with Crippen LogP contribution < -0.4 is 10.6 Å². The molecule has 0 radical (unpaired) electrons. The van der Waals surface area contributed by atoms with Crippen molar-refractivity contribution < 1.29 is 4.92 Å². The number of nitro groups is 1. The van der Waals surface area contributed by atoms with Crippen LogP contribution in [0.4, 0.5) is 11.4 Å². The first-order chi connectivity index (χ1) is 9.81. The molecule has 0 aromatic heterocycles. The van der Waals surface area contributed by atoms with Crippen LogP contribution in [-0.4, -0.2) is 24.1 Å². The van der Waals surface area contributed by atoms with Gasteiger partial charge >= 0.3 is 0 Å². The van der Waals surface area contributed by atoms with Crippen LogP contribution in [0.3, 0.4) is 0 Å². The standard InChI is InChI=1S/C15H22BrN3O2/c1-10-7-12(11(16)8-13(10)19(20)21)18-9-14-15(2,3)5-4-6-17-14/h7-8,14,17-18H,4-6,9H2,1-3H3. The molecule has 116 valence electrons. The number of benzene rings is 1. The molecule has 1 heterocycles. The number of halogens is 1. The molecule has 1 atom stereocenters. The normalized spacial score (nSPS) is 21.0. The fourth-order valence-corrected chi connectivity index (χ4v) is 3.31. The third-order valence-corrected chi connectivity index (χ3v) is 4.97. The van der Waals surface area contributed by atoms with E-state index in [4.69, 9.17) is 0 Å². The van der Waals surface area contributed by atoms with Gasteiger partial charge in [-0.1, -0.05) is 13.8 Å². The van der Waals surface area contributed by atoms with E-state index >= 15 is 0 Å². The Hall–Kier alpha value is -1.14. The summed E-state index contributed by atoms with van der Waals surface area (Å²) in [6, 6.07) is 3.79. The number of hydrogen-bond donors (Lipinski definition) is 2. The van der Waals surface area contributed by atoms with Crippen LogP contribution >= 0.6 is 15.9 Å². The lowest BCUT2D eigenvalue weighted by atomic mass is 9.77. The Morgan fingerprint density at radius 1 is 1.52 bits per heavy atom. The first kappa shape index (κ1) is 16.2. The SMILES string of the molecule is Cc1cc(NCC2NCCCC2(C)C)c(Br)cc1[N+](=O)[O-]. The second-order valence-corrected chi connectivity index (χ2v) is 7.21. The van der Waals surface area contributed by atoms with E-state index < -0.39 is 0 Å². The summed E-state index contributed by atoms with van der Waals surface area (Å²) < 4.78 is 0.730. The second-order valence-electron chi connectivity index (χ2n) is 6.36. The maximum absolute atomic E-state index is 10.9. The van der Waals surface area contributed by atoms with Crippen LogP contribution in [0.15, 0.2) is 16.6 Å². The van der Waals surface area contributed by atoms with Gasteiger partial charge in [0.25, 0.3) is 5.69 Å². The van der Waals surface area contributed by atoms with Gasteiger partial charge in [-0.3, -0.25) is 10.1 Å². The molecule has 2 N–H and O–H groups in total. The van der Waals surface area contributed by atoms with Crippen molar-refractivity contribution in [3.05, 3.63) is 32.3 Å². The zero-order chi connectivity index (χ0) is 15.6. The molecule has 0 spiro atoms. The average molecular weight is 356 g/mol. The van der Waals surface area contributed by atoms with Crippen LogP contribution in [0.25, 0.3) is 0 Å². The number of anilines is 1. The highest BCUT2D eigenvalue weighted by atomic mass is 79.9. The van der Waals surface area contributed by atoms with E-state index in [1.54, 1.807) is 13.0 Å². The summed E-state index contributed by atoms with van der Waals surface area (Å²) in [5.74, 6) is 0. The zero-order valence-electron chi connectivity index (χ0n) is 12.7. The summed E-state index contributed by atoms with van der Waals surface area (Å²) in [5, 5.41) is 17.9. The first-order valence-electron chi connectivity index (χ1n) is 7.23. The van der Waals surface area contributed by atoms with Gasteiger partial charge in [0.1, 0.15) is 0 Å². The summed E-state index contributed by atoms with van der Waals surface area (Å²) in [6.45, 7) is 8.18. The topological polar surface area (TPSA) is 67.2 Å². The minimum Gasteiger partial charge on any atom is -0.383 e. The number of aryl methyl sites for hydroxylation is 1. The third kappa shape index (κ3) is 3.74. The van der Waals surface area contributed by atoms with E-state index in [1.807, 2.05) is 6.07 Å². The number of rotatable bonds is 4. The van der Waals surface area contributed by atoms with E-state index in [1.165, 1.54) is 12.8 Å². The lowest BCUT2D eigenvalue weighted by Crippen LogP contribution is -2.50. The molecule has 21 heavy (non-hydrogen) atoms. The van der Waals surface area contributed by atoms with Crippen molar-refractivity contribution in [3.8, 4) is 0 Å². The maximum Gasteiger partial charge on any atom is 0.273 e. The van der Waals surface area contributed by atoms with Crippen molar-refractivity contribution in [1.29, 1.82) is 0 Å². The monoisotopic (exact) mass is 355 g/mol. The van der Waals surface area contributed by atoms with Crippen molar-refractivity contribution in [3.63, 3.8) is 0 Å². The van der Waals surface area contributed by atoms with Gasteiger partial charge in [0.2, 0.25) is 0 Å². The molecule has 1 aromatic carbocycles. The van der Waals surface area contributed by atoms with Gasteiger partial charge in [0.05, 0.1) is 4.92 Å². The van der Waals surface area contributed by atoms with Gasteiger partial charge in [-0.05, 0) is 53.7 Å². The predicted molar refractivity (Wildman–Crippen MR) is 88.8 cm³/mol. The predicted octanol–water partition coefficient (Wildman–Crippen LogP) is 3.86. The Labute approximate surface area is 133 Å². The van der Waals surface area contributed by atoms with Crippen LogP contribution in [0.5, 0.6) is 0 Å². The number of nitro benzene ring substituents is 1. The third-order valence-electron chi connectivity index (χ3n) is 4.31. The molecular weight excluding hydrogens is 334 g/mol. The summed E-state index contributed by atoms with van der Waals surface area (Å²) in [7, 11) is 0. The summed E-state index contributed by atoms with van der Waals surface area (Å²) in [4.78, 5) is 10.6. The molecule has 0 bridgehead atoms. The number of nitrogens with zero attached hydrogens (tertiary/aromatic N) is 1. The highest BCUT2D eigenvalue weighted by molar-refractivity contribution is 9.10. The van der Waals surface area contributed by atoms with Crippen molar-refractivity contribution in [2.45, 2.75) is 39.7 Å². The van der Waals surface area contributed by atoms with E-state index in [2.05, 4.69) is 40.4 Å². The molecule has 1 saturated heterocycles. The Kier molecular flexibility index (Phi) is 4.88. The summed E-state index contributed by atoms with van der Waals surface area (Å²) in [5.41, 5.74) is 1.97. The number of nitrogens with one attached hydrogen (secondary N) is 2. The van der Waals surface area contributed by atoms with Gasteiger partial charge in [-0.15, -0.1) is 0 Å². The fourth-order valence-electron chi connectivity index (χ4n) is 2.83. The Bertz CT molecular complexity index is 546. The highest BCUT2D eigenvalue weighted by Gasteiger charge is 2.31. The smallest absolute Gasteiger partial charge is 0.273 e. The minimum absolute atomic E-state index is 0.142. The Balaban J connectivity index is 2.10.